The number of rotatable bonds is 23. The van der Waals surface area contributed by atoms with Gasteiger partial charge in [-0.2, -0.15) is 0 Å². The Morgan fingerprint density at radius 3 is 2.28 bits per heavy atom. The zero-order valence-corrected chi connectivity index (χ0v) is 30.9. The van der Waals surface area contributed by atoms with E-state index in [1.807, 2.05) is 38.2 Å². The highest BCUT2D eigenvalue weighted by Crippen LogP contribution is 2.32. The first-order valence-corrected chi connectivity index (χ1v) is 18.4. The number of aromatic nitrogens is 1. The van der Waals surface area contributed by atoms with Gasteiger partial charge in [0.2, 0.25) is 5.91 Å². The summed E-state index contributed by atoms with van der Waals surface area (Å²) in [6, 6.07) is 7.46. The van der Waals surface area contributed by atoms with Gasteiger partial charge in [0.05, 0.1) is 5.41 Å². The molecule has 0 aliphatic rings. The van der Waals surface area contributed by atoms with Crippen LogP contribution in [-0.2, 0) is 20.7 Å². The standard InChI is InChI=1S/C37H60N4O5S/c1-9-12-14-15-21-41(33(42)16-13-10-2)31(26(4)5)23-32(46-11-3)35-40-30(25-47-35)34(43)39-29(24-37(6,7)36(44)45)22-27-17-19-28(38-8)20-18-27/h17-20,25-26,29,31-32,38H,9-16,21-24H2,1-8H3,(H,39,43)(H,44,45). The topological polar surface area (TPSA) is 121 Å². The fourth-order valence-electron chi connectivity index (χ4n) is 5.84. The van der Waals surface area contributed by atoms with Crippen LogP contribution in [0.5, 0.6) is 0 Å². The van der Waals surface area contributed by atoms with Crippen LogP contribution in [0.25, 0.3) is 0 Å². The zero-order chi connectivity index (χ0) is 35.0. The Morgan fingerprint density at radius 2 is 1.70 bits per heavy atom. The van der Waals surface area contributed by atoms with Crippen LogP contribution in [0.3, 0.4) is 0 Å². The molecule has 10 heteroatoms. The SMILES string of the molecule is CCCCCCN(C(=O)CCCC)C(CC(OCC)c1nc(C(=O)NC(Cc2ccc(NC)cc2)CC(C)(C)C(=O)O)cs1)C(C)C. The summed E-state index contributed by atoms with van der Waals surface area (Å²) in [4.78, 5) is 45.9. The summed E-state index contributed by atoms with van der Waals surface area (Å²) in [7, 11) is 1.85. The van der Waals surface area contributed by atoms with Gasteiger partial charge in [-0.1, -0.05) is 65.5 Å². The third-order valence-electron chi connectivity index (χ3n) is 8.74. The van der Waals surface area contributed by atoms with Gasteiger partial charge in [-0.15, -0.1) is 11.3 Å². The lowest BCUT2D eigenvalue weighted by Crippen LogP contribution is -2.45. The number of benzene rings is 1. The molecule has 2 aromatic rings. The molecule has 9 nitrogen and oxygen atoms in total. The third-order valence-corrected chi connectivity index (χ3v) is 9.67. The Bertz CT molecular complexity index is 1230. The summed E-state index contributed by atoms with van der Waals surface area (Å²) < 4.78 is 6.23. The van der Waals surface area contributed by atoms with Gasteiger partial charge in [0.1, 0.15) is 16.8 Å². The monoisotopic (exact) mass is 672 g/mol. The second-order valence-corrected chi connectivity index (χ2v) is 14.4. The van der Waals surface area contributed by atoms with Crippen molar-refractivity contribution >= 4 is 34.8 Å². The van der Waals surface area contributed by atoms with Crippen molar-refractivity contribution in [2.45, 2.75) is 131 Å². The maximum Gasteiger partial charge on any atom is 0.309 e. The molecule has 0 spiro atoms. The average molecular weight is 673 g/mol. The number of carbonyl (C=O) groups is 3. The number of thiazole rings is 1. The molecule has 3 N–H and O–H groups in total. The van der Waals surface area contributed by atoms with Crippen LogP contribution < -0.4 is 10.6 Å². The highest BCUT2D eigenvalue weighted by Gasteiger charge is 2.33. The summed E-state index contributed by atoms with van der Waals surface area (Å²) in [6.45, 7) is 15.1. The van der Waals surface area contributed by atoms with Crippen LogP contribution in [0.1, 0.15) is 133 Å². The molecule has 1 aromatic heterocycles. The van der Waals surface area contributed by atoms with Crippen molar-refractivity contribution < 1.29 is 24.2 Å². The number of aliphatic carboxylic acids is 1. The van der Waals surface area contributed by atoms with Crippen LogP contribution in [0.4, 0.5) is 5.69 Å². The van der Waals surface area contributed by atoms with Crippen LogP contribution in [0, 0.1) is 11.3 Å². The maximum atomic E-state index is 13.6. The van der Waals surface area contributed by atoms with Crippen molar-refractivity contribution in [1.82, 2.24) is 15.2 Å². The van der Waals surface area contributed by atoms with Crippen molar-refractivity contribution in [2.24, 2.45) is 11.3 Å². The Morgan fingerprint density at radius 1 is 1.02 bits per heavy atom. The van der Waals surface area contributed by atoms with Crippen LogP contribution in [0.15, 0.2) is 29.6 Å². The molecular weight excluding hydrogens is 612 g/mol. The fraction of sp³-hybridized carbons (Fsp3) is 0.676. The lowest BCUT2D eigenvalue weighted by atomic mass is 9.84. The van der Waals surface area contributed by atoms with E-state index in [1.54, 1.807) is 19.2 Å². The van der Waals surface area contributed by atoms with Gasteiger partial charge in [-0.05, 0) is 70.1 Å². The molecule has 264 valence electrons. The fourth-order valence-corrected chi connectivity index (χ4v) is 6.70. The molecule has 0 saturated carbocycles. The van der Waals surface area contributed by atoms with E-state index in [9.17, 15) is 19.5 Å². The number of carboxylic acids is 1. The molecule has 47 heavy (non-hydrogen) atoms. The van der Waals surface area contributed by atoms with Crippen molar-refractivity contribution in [3.05, 3.63) is 45.9 Å². The summed E-state index contributed by atoms with van der Waals surface area (Å²) in [5.41, 5.74) is 1.23. The summed E-state index contributed by atoms with van der Waals surface area (Å²) in [5, 5.41) is 18.5. The molecule has 1 aromatic carbocycles. The number of nitrogens with one attached hydrogen (secondary N) is 2. The molecule has 0 saturated heterocycles. The van der Waals surface area contributed by atoms with Crippen LogP contribution >= 0.6 is 11.3 Å². The lowest BCUT2D eigenvalue weighted by molar-refractivity contribution is -0.147. The number of unbranched alkanes of at least 4 members (excludes halogenated alkanes) is 4. The number of ether oxygens (including phenoxy) is 1. The van der Waals surface area contributed by atoms with E-state index in [0.717, 1.165) is 56.3 Å². The Hall–Kier alpha value is -2.98. The number of carbonyl (C=O) groups excluding carboxylic acids is 2. The van der Waals surface area contributed by atoms with E-state index >= 15 is 0 Å². The Balaban J connectivity index is 2.29. The summed E-state index contributed by atoms with van der Waals surface area (Å²) in [6.07, 6.45) is 7.78. The second kappa shape index (κ2) is 20.4. The normalized spacial score (nSPS) is 13.6. The third kappa shape index (κ3) is 13.2. The molecule has 1 heterocycles. The number of nitrogens with zero attached hydrogens (tertiary/aromatic N) is 2. The van der Waals surface area contributed by atoms with E-state index in [0.29, 0.717) is 30.9 Å². The number of hydrogen-bond acceptors (Lipinski definition) is 7. The summed E-state index contributed by atoms with van der Waals surface area (Å²) >= 11 is 1.39. The van der Waals surface area contributed by atoms with Crippen LogP contribution in [0.2, 0.25) is 0 Å². The number of amides is 2. The quantitative estimate of drug-likeness (QED) is 0.102. The van der Waals surface area contributed by atoms with Gasteiger partial charge in [0, 0.05) is 56.2 Å². The Labute approximate surface area is 287 Å². The first kappa shape index (κ1) is 40.2. The highest BCUT2D eigenvalue weighted by molar-refractivity contribution is 7.09. The second-order valence-electron chi connectivity index (χ2n) is 13.5. The molecule has 0 aliphatic heterocycles. The molecule has 2 amide bonds. The largest absolute Gasteiger partial charge is 0.481 e. The molecule has 2 rings (SSSR count). The first-order valence-electron chi connectivity index (χ1n) is 17.5. The predicted octanol–water partition coefficient (Wildman–Crippen LogP) is 8.12. The molecule has 3 atom stereocenters. The lowest BCUT2D eigenvalue weighted by Gasteiger charge is -2.36. The number of carboxylic acid groups (broad SMARTS) is 1. The number of anilines is 1. The van der Waals surface area contributed by atoms with E-state index in [-0.39, 0.29) is 42.0 Å². The van der Waals surface area contributed by atoms with Crippen molar-refractivity contribution in [3.63, 3.8) is 0 Å². The minimum atomic E-state index is -1.03. The van der Waals surface area contributed by atoms with Gasteiger partial charge in [-0.3, -0.25) is 14.4 Å². The van der Waals surface area contributed by atoms with Crippen molar-refractivity contribution in [2.75, 3.05) is 25.5 Å². The van der Waals surface area contributed by atoms with Crippen molar-refractivity contribution in [3.8, 4) is 0 Å². The smallest absolute Gasteiger partial charge is 0.309 e. The van der Waals surface area contributed by atoms with E-state index in [1.165, 1.54) is 11.3 Å². The van der Waals surface area contributed by atoms with E-state index in [4.69, 9.17) is 9.72 Å². The number of hydrogen-bond donors (Lipinski definition) is 3. The minimum Gasteiger partial charge on any atom is -0.481 e. The molecule has 0 bridgehead atoms. The molecule has 0 radical (unpaired) electrons. The highest BCUT2D eigenvalue weighted by atomic mass is 32.1. The van der Waals surface area contributed by atoms with Gasteiger partial charge in [-0.25, -0.2) is 4.98 Å². The molecule has 0 fully saturated rings. The molecule has 0 aliphatic carbocycles. The molecular formula is C37H60N4O5S. The predicted molar refractivity (Wildman–Crippen MR) is 192 cm³/mol. The maximum absolute atomic E-state index is 13.6. The van der Waals surface area contributed by atoms with Gasteiger partial charge in [0.25, 0.3) is 5.91 Å². The van der Waals surface area contributed by atoms with Gasteiger partial charge >= 0.3 is 5.97 Å². The van der Waals surface area contributed by atoms with Gasteiger partial charge in [0.15, 0.2) is 0 Å². The Kier molecular flexibility index (Phi) is 17.4. The molecule has 3 unspecified atom stereocenters. The van der Waals surface area contributed by atoms with E-state index in [2.05, 4.69) is 43.2 Å². The summed E-state index contributed by atoms with van der Waals surface area (Å²) in [5.74, 6) is -0.830. The van der Waals surface area contributed by atoms with Crippen LogP contribution in [-0.4, -0.2) is 65.1 Å². The zero-order valence-electron chi connectivity index (χ0n) is 30.1. The average Bonchev–Trinajstić information content (AvgIpc) is 3.53. The van der Waals surface area contributed by atoms with E-state index < -0.39 is 17.4 Å². The first-order chi connectivity index (χ1) is 22.4. The van der Waals surface area contributed by atoms with Crippen molar-refractivity contribution in [1.29, 1.82) is 0 Å². The minimum absolute atomic E-state index is 0.0179. The van der Waals surface area contributed by atoms with Gasteiger partial charge < -0.3 is 25.4 Å².